The maximum atomic E-state index is 12.8. The normalized spacial score (nSPS) is 14.8. The third-order valence-corrected chi connectivity index (χ3v) is 3.20. The fraction of sp³-hybridized carbons (Fsp3) is 0.462. The number of hydrogen-bond acceptors (Lipinski definition) is 3. The van der Waals surface area contributed by atoms with Crippen molar-refractivity contribution in [2.75, 3.05) is 5.75 Å². The summed E-state index contributed by atoms with van der Waals surface area (Å²) in [6, 6.07) is 6.39. The number of hydrogen-bond donors (Lipinski definition) is 3. The van der Waals surface area contributed by atoms with Gasteiger partial charge in [-0.05, 0) is 12.0 Å². The van der Waals surface area contributed by atoms with Gasteiger partial charge in [-0.25, -0.2) is 0 Å². The molecule has 0 aliphatic rings. The number of rotatable bonds is 7. The Hall–Kier alpha value is -1.21. The molecule has 0 bridgehead atoms. The van der Waals surface area contributed by atoms with Crippen LogP contribution in [0.15, 0.2) is 30.3 Å². The van der Waals surface area contributed by atoms with Gasteiger partial charge in [-0.2, -0.15) is 25.8 Å². The Morgan fingerprint density at radius 1 is 1.30 bits per heavy atom. The number of carboxylic acid groups (broad SMARTS) is 1. The van der Waals surface area contributed by atoms with Gasteiger partial charge < -0.3 is 10.4 Å². The molecule has 20 heavy (non-hydrogen) atoms. The first-order valence-electron chi connectivity index (χ1n) is 6.02. The van der Waals surface area contributed by atoms with E-state index in [4.69, 9.17) is 5.11 Å². The molecule has 2 atom stereocenters. The molecule has 0 aliphatic carbocycles. The van der Waals surface area contributed by atoms with E-state index < -0.39 is 30.7 Å². The summed E-state index contributed by atoms with van der Waals surface area (Å²) in [4.78, 5) is 10.5. The smallest absolute Gasteiger partial charge is 0.404 e. The number of benzene rings is 1. The van der Waals surface area contributed by atoms with Gasteiger partial charge in [0.2, 0.25) is 0 Å². The lowest BCUT2D eigenvalue weighted by atomic mass is 10.1. The van der Waals surface area contributed by atoms with E-state index in [0.717, 1.165) is 5.56 Å². The zero-order valence-electron chi connectivity index (χ0n) is 10.6. The molecule has 7 heteroatoms. The van der Waals surface area contributed by atoms with Crippen molar-refractivity contribution in [2.24, 2.45) is 0 Å². The standard InChI is InChI=1S/C13H16F3NO2S/c14-13(15,16)11(7-12(18)19)17-10(8-20)6-9-4-2-1-3-5-9/h1-5,10-11,17,20H,6-8H2,(H,18,19)/t10-,11-/m1/s1. The molecule has 0 amide bonds. The summed E-state index contributed by atoms with van der Waals surface area (Å²) in [6.07, 6.45) is -5.24. The maximum Gasteiger partial charge on any atom is 0.404 e. The van der Waals surface area contributed by atoms with Crippen LogP contribution in [0, 0.1) is 0 Å². The van der Waals surface area contributed by atoms with Crippen molar-refractivity contribution >= 4 is 18.6 Å². The van der Waals surface area contributed by atoms with Gasteiger partial charge in [-0.15, -0.1) is 0 Å². The molecule has 0 heterocycles. The van der Waals surface area contributed by atoms with Crippen LogP contribution in [0.5, 0.6) is 0 Å². The fourth-order valence-electron chi connectivity index (χ4n) is 1.80. The van der Waals surface area contributed by atoms with Crippen LogP contribution < -0.4 is 5.32 Å². The van der Waals surface area contributed by atoms with Crippen molar-refractivity contribution in [1.29, 1.82) is 0 Å². The largest absolute Gasteiger partial charge is 0.481 e. The molecule has 0 unspecified atom stereocenters. The molecule has 112 valence electrons. The van der Waals surface area contributed by atoms with Gasteiger partial charge in [-0.3, -0.25) is 4.79 Å². The van der Waals surface area contributed by atoms with Crippen LogP contribution >= 0.6 is 12.6 Å². The van der Waals surface area contributed by atoms with Crippen molar-refractivity contribution in [1.82, 2.24) is 5.32 Å². The fourth-order valence-corrected chi connectivity index (χ4v) is 2.04. The van der Waals surface area contributed by atoms with E-state index in [2.05, 4.69) is 17.9 Å². The molecule has 3 nitrogen and oxygen atoms in total. The van der Waals surface area contributed by atoms with E-state index >= 15 is 0 Å². The highest BCUT2D eigenvalue weighted by atomic mass is 32.1. The summed E-state index contributed by atoms with van der Waals surface area (Å²) >= 11 is 4.03. The molecule has 0 aromatic heterocycles. The van der Waals surface area contributed by atoms with Crippen molar-refractivity contribution in [3.8, 4) is 0 Å². The summed E-state index contributed by atoms with van der Waals surface area (Å²) < 4.78 is 38.3. The number of carboxylic acids is 1. The average Bonchev–Trinajstić information content (AvgIpc) is 2.36. The highest BCUT2D eigenvalue weighted by Crippen LogP contribution is 2.23. The average molecular weight is 307 g/mol. The molecular formula is C13H16F3NO2S. The number of aliphatic carboxylic acids is 1. The lowest BCUT2D eigenvalue weighted by Crippen LogP contribution is -2.49. The summed E-state index contributed by atoms with van der Waals surface area (Å²) in [6.45, 7) is 0. The van der Waals surface area contributed by atoms with Gasteiger partial charge >= 0.3 is 12.1 Å². The van der Waals surface area contributed by atoms with Crippen molar-refractivity contribution in [3.63, 3.8) is 0 Å². The Labute approximate surface area is 120 Å². The van der Waals surface area contributed by atoms with E-state index in [-0.39, 0.29) is 5.75 Å². The lowest BCUT2D eigenvalue weighted by molar-refractivity contribution is -0.168. The number of halogens is 3. The van der Waals surface area contributed by atoms with E-state index in [1.807, 2.05) is 6.07 Å². The third-order valence-electron chi connectivity index (χ3n) is 2.76. The second-order valence-corrected chi connectivity index (χ2v) is 4.79. The Kier molecular flexibility index (Phi) is 6.35. The Bertz CT molecular complexity index is 425. The minimum atomic E-state index is -4.60. The monoisotopic (exact) mass is 307 g/mol. The maximum absolute atomic E-state index is 12.8. The second kappa shape index (κ2) is 7.54. The predicted molar refractivity (Wildman–Crippen MR) is 73.0 cm³/mol. The highest BCUT2D eigenvalue weighted by Gasteiger charge is 2.41. The van der Waals surface area contributed by atoms with Crippen LogP contribution in [-0.4, -0.2) is 35.1 Å². The van der Waals surface area contributed by atoms with Crippen molar-refractivity contribution in [3.05, 3.63) is 35.9 Å². The quantitative estimate of drug-likeness (QED) is 0.679. The van der Waals surface area contributed by atoms with Gasteiger partial charge in [-0.1, -0.05) is 30.3 Å². The number of alkyl halides is 3. The molecule has 1 rings (SSSR count). The number of thiol groups is 1. The molecular weight excluding hydrogens is 291 g/mol. The van der Waals surface area contributed by atoms with Crippen LogP contribution in [0.25, 0.3) is 0 Å². The summed E-state index contributed by atoms with van der Waals surface area (Å²) in [5.74, 6) is -1.31. The van der Waals surface area contributed by atoms with E-state index in [1.165, 1.54) is 0 Å². The van der Waals surface area contributed by atoms with Crippen LogP contribution in [0.4, 0.5) is 13.2 Å². The van der Waals surface area contributed by atoms with Gasteiger partial charge in [0, 0.05) is 11.8 Å². The summed E-state index contributed by atoms with van der Waals surface area (Å²) in [5, 5.41) is 10.9. The first-order chi connectivity index (χ1) is 9.32. The number of nitrogens with one attached hydrogen (secondary N) is 1. The van der Waals surface area contributed by atoms with Gasteiger partial charge in [0.05, 0.1) is 6.42 Å². The van der Waals surface area contributed by atoms with Gasteiger partial charge in [0.1, 0.15) is 6.04 Å². The van der Waals surface area contributed by atoms with Crippen LogP contribution in [-0.2, 0) is 11.2 Å². The van der Waals surface area contributed by atoms with Crippen molar-refractivity contribution < 1.29 is 23.1 Å². The number of carbonyl (C=O) groups is 1. The highest BCUT2D eigenvalue weighted by molar-refractivity contribution is 7.80. The lowest BCUT2D eigenvalue weighted by Gasteiger charge is -2.25. The van der Waals surface area contributed by atoms with E-state index in [0.29, 0.717) is 6.42 Å². The molecule has 1 aromatic carbocycles. The van der Waals surface area contributed by atoms with Gasteiger partial charge in [0.25, 0.3) is 0 Å². The predicted octanol–water partition coefficient (Wildman–Crippen LogP) is 2.52. The molecule has 0 spiro atoms. The Balaban J connectivity index is 2.71. The van der Waals surface area contributed by atoms with Crippen molar-refractivity contribution in [2.45, 2.75) is 31.1 Å². The Morgan fingerprint density at radius 2 is 1.90 bits per heavy atom. The molecule has 0 fully saturated rings. The second-order valence-electron chi connectivity index (χ2n) is 4.43. The zero-order valence-corrected chi connectivity index (χ0v) is 11.5. The molecule has 0 radical (unpaired) electrons. The van der Waals surface area contributed by atoms with E-state index in [9.17, 15) is 18.0 Å². The van der Waals surface area contributed by atoms with E-state index in [1.54, 1.807) is 24.3 Å². The molecule has 1 aromatic rings. The minimum absolute atomic E-state index is 0.182. The third kappa shape index (κ3) is 5.83. The van der Waals surface area contributed by atoms with Crippen LogP contribution in [0.2, 0.25) is 0 Å². The first-order valence-corrected chi connectivity index (χ1v) is 6.65. The van der Waals surface area contributed by atoms with Gasteiger partial charge in [0.15, 0.2) is 0 Å². The van der Waals surface area contributed by atoms with Crippen LogP contribution in [0.1, 0.15) is 12.0 Å². The topological polar surface area (TPSA) is 49.3 Å². The summed E-state index contributed by atoms with van der Waals surface area (Å²) in [5.41, 5.74) is 0.871. The molecule has 0 aliphatic heterocycles. The van der Waals surface area contributed by atoms with Crippen LogP contribution in [0.3, 0.4) is 0 Å². The first kappa shape index (κ1) is 16.8. The molecule has 2 N–H and O–H groups in total. The zero-order chi connectivity index (χ0) is 15.2. The minimum Gasteiger partial charge on any atom is -0.481 e. The molecule has 0 saturated carbocycles. The molecule has 0 saturated heterocycles. The summed E-state index contributed by atoms with van der Waals surface area (Å²) in [7, 11) is 0. The Morgan fingerprint density at radius 3 is 2.35 bits per heavy atom. The SMILES string of the molecule is O=C(O)C[C@@H](N[C@@H](CS)Cc1ccccc1)C(F)(F)F.